The van der Waals surface area contributed by atoms with Crippen molar-refractivity contribution < 1.29 is 13.9 Å². The van der Waals surface area contributed by atoms with Crippen molar-refractivity contribution in [3.05, 3.63) is 65.7 Å². The number of carbonyl (C=O) groups excluding carboxylic acids is 1. The molecule has 0 fully saturated rings. The zero-order valence-corrected chi connectivity index (χ0v) is 17.9. The Morgan fingerprint density at radius 3 is 2.47 bits per heavy atom. The third-order valence-electron chi connectivity index (χ3n) is 5.87. The molecule has 5 heteroatoms. The Bertz CT molecular complexity index is 1240. The predicted molar refractivity (Wildman–Crippen MR) is 123 cm³/mol. The lowest BCUT2D eigenvalue weighted by atomic mass is 9.85. The predicted octanol–water partition coefficient (Wildman–Crippen LogP) is 5.94. The summed E-state index contributed by atoms with van der Waals surface area (Å²) in [5.41, 5.74) is 3.07. The number of hydrogen-bond donors (Lipinski definition) is 0. The summed E-state index contributed by atoms with van der Waals surface area (Å²) in [4.78, 5) is 15.7. The summed E-state index contributed by atoms with van der Waals surface area (Å²) in [7, 11) is 0. The van der Waals surface area contributed by atoms with E-state index in [0.717, 1.165) is 52.7 Å². The quantitative estimate of drug-likeness (QED) is 0.340. The van der Waals surface area contributed by atoms with Crippen LogP contribution in [0.25, 0.3) is 33.1 Å². The highest BCUT2D eigenvalue weighted by Gasteiger charge is 2.31. The first-order valence-corrected chi connectivity index (χ1v) is 10.2. The number of para-hydroxylation sites is 1. The summed E-state index contributed by atoms with van der Waals surface area (Å²) < 4.78 is 12.3. The second-order valence-corrected chi connectivity index (χ2v) is 7.35. The van der Waals surface area contributed by atoms with E-state index in [1.54, 1.807) is 0 Å². The molecule has 0 unspecified atom stereocenters. The summed E-state index contributed by atoms with van der Waals surface area (Å²) in [5.74, 6) is 1.49. The van der Waals surface area contributed by atoms with E-state index in [-0.39, 0.29) is 18.2 Å². The molecule has 4 nitrogen and oxygen atoms in total. The number of halogens is 1. The fourth-order valence-electron chi connectivity index (χ4n) is 4.30. The molecule has 1 heterocycles. The Hall–Kier alpha value is -2.82. The molecule has 3 aromatic carbocycles. The Morgan fingerprint density at radius 1 is 0.900 bits per heavy atom. The van der Waals surface area contributed by atoms with Crippen LogP contribution in [0.1, 0.15) is 29.8 Å². The van der Waals surface area contributed by atoms with Crippen molar-refractivity contribution >= 4 is 39.9 Å². The maximum Gasteiger partial charge on any atom is 0.198 e. The summed E-state index contributed by atoms with van der Waals surface area (Å²) >= 11 is 0. The van der Waals surface area contributed by atoms with Crippen LogP contribution in [0.2, 0.25) is 0 Å². The summed E-state index contributed by atoms with van der Waals surface area (Å²) in [6, 6.07) is 17.6. The average molecular weight is 422 g/mol. The number of nitrogens with zero attached hydrogens (tertiary/aromatic N) is 1. The van der Waals surface area contributed by atoms with E-state index in [0.29, 0.717) is 23.5 Å². The van der Waals surface area contributed by atoms with Crippen LogP contribution in [0.15, 0.2) is 59.0 Å². The van der Waals surface area contributed by atoms with Gasteiger partial charge in [-0.15, -0.1) is 12.4 Å². The third kappa shape index (κ3) is 3.08. The third-order valence-corrected chi connectivity index (χ3v) is 5.87. The van der Waals surface area contributed by atoms with Crippen LogP contribution >= 0.6 is 12.4 Å². The number of likely N-dealkylation sites (N-methyl/N-ethyl adjacent to an activating group) is 1. The molecule has 0 spiro atoms. The fraction of sp³-hybridized carbons (Fsp3) is 0.240. The number of benzene rings is 3. The van der Waals surface area contributed by atoms with Gasteiger partial charge in [-0.3, -0.25) is 4.79 Å². The zero-order valence-electron chi connectivity index (χ0n) is 17.1. The van der Waals surface area contributed by atoms with Crippen molar-refractivity contribution in [3.8, 4) is 17.1 Å². The molecule has 0 bridgehead atoms. The van der Waals surface area contributed by atoms with Gasteiger partial charge in [-0.25, -0.2) is 0 Å². The first kappa shape index (κ1) is 20.5. The topological polar surface area (TPSA) is 42.7 Å². The zero-order chi connectivity index (χ0) is 20.0. The van der Waals surface area contributed by atoms with Crippen molar-refractivity contribution in [2.45, 2.75) is 13.8 Å². The summed E-state index contributed by atoms with van der Waals surface area (Å²) in [6.45, 7) is 7.82. The Morgan fingerprint density at radius 2 is 1.67 bits per heavy atom. The number of furan rings is 1. The van der Waals surface area contributed by atoms with Gasteiger partial charge in [-0.1, -0.05) is 50.2 Å². The van der Waals surface area contributed by atoms with E-state index in [4.69, 9.17) is 9.15 Å². The van der Waals surface area contributed by atoms with Crippen LogP contribution in [0.3, 0.4) is 0 Å². The highest BCUT2D eigenvalue weighted by Crippen LogP contribution is 2.45. The molecule has 0 amide bonds. The fourth-order valence-corrected chi connectivity index (χ4v) is 4.30. The lowest BCUT2D eigenvalue weighted by Crippen LogP contribution is -2.27. The lowest BCUT2D eigenvalue weighted by Gasteiger charge is -2.20. The van der Waals surface area contributed by atoms with Crippen molar-refractivity contribution in [2.75, 3.05) is 26.2 Å². The minimum Gasteiger partial charge on any atom is -0.492 e. The van der Waals surface area contributed by atoms with Crippen LogP contribution < -0.4 is 4.74 Å². The van der Waals surface area contributed by atoms with E-state index in [9.17, 15) is 4.79 Å². The SMILES string of the molecule is CCN(CC)CCOc1ccc2c3c(cccc13)C(=O)c1c-2oc2ccccc12.Cl. The van der Waals surface area contributed by atoms with Gasteiger partial charge in [-0.05, 0) is 31.3 Å². The highest BCUT2D eigenvalue weighted by atomic mass is 35.5. The molecule has 1 aliphatic carbocycles. The maximum absolute atomic E-state index is 13.4. The van der Waals surface area contributed by atoms with Gasteiger partial charge < -0.3 is 14.1 Å². The van der Waals surface area contributed by atoms with E-state index in [1.807, 2.05) is 54.6 Å². The number of ketones is 1. The van der Waals surface area contributed by atoms with Gasteiger partial charge >= 0.3 is 0 Å². The van der Waals surface area contributed by atoms with Crippen LogP contribution in [-0.4, -0.2) is 36.9 Å². The van der Waals surface area contributed by atoms with Gasteiger partial charge in [0.1, 0.15) is 23.7 Å². The first-order chi connectivity index (χ1) is 14.2. The molecule has 5 rings (SSSR count). The minimum absolute atomic E-state index is 0. The molecule has 0 atom stereocenters. The van der Waals surface area contributed by atoms with Crippen LogP contribution in [0.5, 0.6) is 5.75 Å². The number of rotatable bonds is 6. The number of ether oxygens (including phenoxy) is 1. The molecular weight excluding hydrogens is 398 g/mol. The maximum atomic E-state index is 13.4. The lowest BCUT2D eigenvalue weighted by molar-refractivity contribution is 0.104. The molecule has 0 saturated heterocycles. The van der Waals surface area contributed by atoms with Crippen molar-refractivity contribution in [1.29, 1.82) is 0 Å². The number of hydrogen-bond acceptors (Lipinski definition) is 4. The molecule has 0 N–H and O–H groups in total. The molecular formula is C25H24ClNO3. The molecule has 0 radical (unpaired) electrons. The Kier molecular flexibility index (Phi) is 5.54. The van der Waals surface area contributed by atoms with Crippen LogP contribution in [0.4, 0.5) is 0 Å². The molecule has 0 saturated carbocycles. The highest BCUT2D eigenvalue weighted by molar-refractivity contribution is 6.29. The van der Waals surface area contributed by atoms with Crippen molar-refractivity contribution in [2.24, 2.45) is 0 Å². The molecule has 30 heavy (non-hydrogen) atoms. The van der Waals surface area contributed by atoms with Crippen molar-refractivity contribution in [3.63, 3.8) is 0 Å². The summed E-state index contributed by atoms with van der Waals surface area (Å²) in [5, 5.41) is 2.75. The van der Waals surface area contributed by atoms with E-state index < -0.39 is 0 Å². The minimum atomic E-state index is 0. The van der Waals surface area contributed by atoms with Crippen LogP contribution in [0, 0.1) is 0 Å². The van der Waals surface area contributed by atoms with E-state index in [2.05, 4.69) is 18.7 Å². The summed E-state index contributed by atoms with van der Waals surface area (Å²) in [6.07, 6.45) is 0. The van der Waals surface area contributed by atoms with Gasteiger partial charge in [0.2, 0.25) is 0 Å². The monoisotopic (exact) mass is 421 g/mol. The van der Waals surface area contributed by atoms with Gasteiger partial charge in [0.15, 0.2) is 5.78 Å². The standard InChI is InChI=1S/C25H23NO3.ClH/c1-3-26(4-2)14-15-28-20-13-12-19-22-16(20)9-7-10-18(22)24(27)23-17-8-5-6-11-21(17)29-25(19)23;/h5-13H,3-4,14-15H2,1-2H3;1H. The second-order valence-electron chi connectivity index (χ2n) is 7.35. The van der Waals surface area contributed by atoms with Gasteiger partial charge in [0, 0.05) is 33.8 Å². The van der Waals surface area contributed by atoms with E-state index in [1.165, 1.54) is 0 Å². The van der Waals surface area contributed by atoms with Crippen molar-refractivity contribution in [1.82, 2.24) is 4.90 Å². The molecule has 0 aliphatic heterocycles. The molecule has 1 aliphatic rings. The van der Waals surface area contributed by atoms with Gasteiger partial charge in [0.25, 0.3) is 0 Å². The van der Waals surface area contributed by atoms with Crippen LogP contribution in [-0.2, 0) is 0 Å². The largest absolute Gasteiger partial charge is 0.492 e. The molecule has 154 valence electrons. The normalized spacial score (nSPS) is 12.3. The Labute approximate surface area is 181 Å². The van der Waals surface area contributed by atoms with Gasteiger partial charge in [0.05, 0.1) is 5.56 Å². The van der Waals surface area contributed by atoms with E-state index >= 15 is 0 Å². The molecule has 4 aromatic rings. The smallest absolute Gasteiger partial charge is 0.198 e. The second kappa shape index (κ2) is 8.13. The first-order valence-electron chi connectivity index (χ1n) is 10.2. The number of carbonyl (C=O) groups is 1. The average Bonchev–Trinajstić information content (AvgIpc) is 3.15. The van der Waals surface area contributed by atoms with Gasteiger partial charge in [-0.2, -0.15) is 0 Å². The molecule has 1 aromatic heterocycles. The Balaban J connectivity index is 0.00000218. The number of fused-ring (bicyclic) bond motifs is 4.